The number of nitrogens with zero attached hydrogens (tertiary/aromatic N) is 6. The highest BCUT2D eigenvalue weighted by Crippen LogP contribution is 2.26. The highest BCUT2D eigenvalue weighted by Gasteiger charge is 2.31. The molecule has 0 saturated carbocycles. The number of aromatic amines is 1. The molecule has 3 heterocycles. The number of carbonyl (C=O) groups excluding carboxylic acids is 1. The Labute approximate surface area is 173 Å². The maximum atomic E-state index is 13.2. The number of H-pyrrole nitrogens is 1. The molecule has 4 aromatic rings. The van der Waals surface area contributed by atoms with Gasteiger partial charge in [0.15, 0.2) is 11.6 Å². The van der Waals surface area contributed by atoms with Gasteiger partial charge in [-0.3, -0.25) is 9.89 Å². The van der Waals surface area contributed by atoms with Gasteiger partial charge in [0.1, 0.15) is 12.2 Å². The summed E-state index contributed by atoms with van der Waals surface area (Å²) in [6, 6.07) is 17.8. The van der Waals surface area contributed by atoms with Crippen molar-refractivity contribution >= 4 is 5.91 Å². The molecular formula is C22H21N7O. The second kappa shape index (κ2) is 7.55. The van der Waals surface area contributed by atoms with E-state index in [0.29, 0.717) is 24.5 Å². The van der Waals surface area contributed by atoms with Crippen LogP contribution in [0.1, 0.15) is 33.6 Å². The lowest BCUT2D eigenvalue weighted by atomic mass is 10.0. The van der Waals surface area contributed by atoms with Crippen molar-refractivity contribution in [1.29, 1.82) is 0 Å². The molecule has 0 spiro atoms. The lowest BCUT2D eigenvalue weighted by Crippen LogP contribution is -2.42. The summed E-state index contributed by atoms with van der Waals surface area (Å²) in [7, 11) is 0. The van der Waals surface area contributed by atoms with E-state index in [4.69, 9.17) is 0 Å². The van der Waals surface area contributed by atoms with Gasteiger partial charge in [0.05, 0.1) is 12.6 Å². The van der Waals surface area contributed by atoms with Crippen LogP contribution in [0, 0.1) is 6.92 Å². The van der Waals surface area contributed by atoms with Gasteiger partial charge in [-0.05, 0) is 31.0 Å². The second-order valence-corrected chi connectivity index (χ2v) is 7.47. The SMILES string of the molecule is Cc1nnc2n1[C@H](Cc1ccccc1)CN(C(=O)c1ccc(-c3ncn[nH]3)cc1)C2. The van der Waals surface area contributed by atoms with Gasteiger partial charge in [0.2, 0.25) is 0 Å². The average molecular weight is 399 g/mol. The van der Waals surface area contributed by atoms with Crippen molar-refractivity contribution < 1.29 is 4.79 Å². The van der Waals surface area contributed by atoms with Crippen molar-refractivity contribution in [2.45, 2.75) is 25.9 Å². The molecule has 8 nitrogen and oxygen atoms in total. The van der Waals surface area contributed by atoms with Crippen LogP contribution in [0.15, 0.2) is 60.9 Å². The molecule has 0 aliphatic carbocycles. The van der Waals surface area contributed by atoms with Crippen molar-refractivity contribution in [3.05, 3.63) is 83.7 Å². The highest BCUT2D eigenvalue weighted by atomic mass is 16.2. The molecular weight excluding hydrogens is 378 g/mol. The zero-order valence-electron chi connectivity index (χ0n) is 16.6. The zero-order chi connectivity index (χ0) is 20.5. The number of nitrogens with one attached hydrogen (secondary N) is 1. The summed E-state index contributed by atoms with van der Waals surface area (Å²) in [6.07, 6.45) is 2.29. The van der Waals surface area contributed by atoms with E-state index in [1.54, 1.807) is 0 Å². The van der Waals surface area contributed by atoms with E-state index in [1.165, 1.54) is 11.9 Å². The lowest BCUT2D eigenvalue weighted by molar-refractivity contribution is 0.0672. The van der Waals surface area contributed by atoms with Gasteiger partial charge in [-0.25, -0.2) is 4.98 Å². The number of amides is 1. The Kier molecular flexibility index (Phi) is 4.59. The molecule has 0 fully saturated rings. The van der Waals surface area contributed by atoms with Gasteiger partial charge >= 0.3 is 0 Å². The van der Waals surface area contributed by atoms with E-state index in [0.717, 1.165) is 23.6 Å². The molecule has 0 saturated heterocycles. The molecule has 30 heavy (non-hydrogen) atoms. The van der Waals surface area contributed by atoms with Crippen LogP contribution >= 0.6 is 0 Å². The number of rotatable bonds is 4. The third kappa shape index (κ3) is 3.36. The summed E-state index contributed by atoms with van der Waals surface area (Å²) in [6.45, 7) is 3.03. The maximum Gasteiger partial charge on any atom is 0.254 e. The number of carbonyl (C=O) groups is 1. The zero-order valence-corrected chi connectivity index (χ0v) is 16.6. The first kappa shape index (κ1) is 18.2. The Morgan fingerprint density at radius 3 is 2.63 bits per heavy atom. The third-order valence-electron chi connectivity index (χ3n) is 5.49. The molecule has 1 N–H and O–H groups in total. The number of aryl methyl sites for hydroxylation is 1. The Morgan fingerprint density at radius 2 is 1.90 bits per heavy atom. The van der Waals surface area contributed by atoms with Crippen molar-refractivity contribution in [2.75, 3.05) is 6.54 Å². The molecule has 150 valence electrons. The van der Waals surface area contributed by atoms with E-state index >= 15 is 0 Å². The number of fused-ring (bicyclic) bond motifs is 1. The molecule has 1 atom stereocenters. The van der Waals surface area contributed by atoms with E-state index in [1.807, 2.05) is 54.3 Å². The van der Waals surface area contributed by atoms with Crippen LogP contribution < -0.4 is 0 Å². The van der Waals surface area contributed by atoms with Crippen LogP contribution in [0.25, 0.3) is 11.4 Å². The van der Waals surface area contributed by atoms with Gasteiger partial charge in [-0.1, -0.05) is 42.5 Å². The molecule has 0 bridgehead atoms. The van der Waals surface area contributed by atoms with E-state index in [2.05, 4.69) is 42.1 Å². The van der Waals surface area contributed by atoms with Crippen molar-refractivity contribution in [2.24, 2.45) is 0 Å². The second-order valence-electron chi connectivity index (χ2n) is 7.47. The minimum Gasteiger partial charge on any atom is -0.329 e. The Morgan fingerprint density at radius 1 is 1.10 bits per heavy atom. The summed E-state index contributed by atoms with van der Waals surface area (Å²) < 4.78 is 2.17. The lowest BCUT2D eigenvalue weighted by Gasteiger charge is -2.34. The van der Waals surface area contributed by atoms with Crippen LogP contribution in [0.5, 0.6) is 0 Å². The standard InChI is InChI=1S/C22H21N7O/c1-15-25-26-20-13-28(12-19(29(15)20)11-16-5-3-2-4-6-16)22(30)18-9-7-17(8-10-18)21-23-14-24-27-21/h2-10,14,19H,11-13H2,1H3,(H,23,24,27)/t19-/m1/s1. The molecule has 8 heteroatoms. The molecule has 1 aliphatic heterocycles. The highest BCUT2D eigenvalue weighted by molar-refractivity contribution is 5.94. The van der Waals surface area contributed by atoms with Gasteiger partial charge in [-0.15, -0.1) is 10.2 Å². The van der Waals surface area contributed by atoms with Gasteiger partial charge < -0.3 is 9.47 Å². The fourth-order valence-electron chi connectivity index (χ4n) is 4.06. The van der Waals surface area contributed by atoms with Crippen LogP contribution in [0.2, 0.25) is 0 Å². The van der Waals surface area contributed by atoms with Gasteiger partial charge in [0.25, 0.3) is 5.91 Å². The van der Waals surface area contributed by atoms with E-state index in [9.17, 15) is 4.79 Å². The number of aromatic nitrogens is 6. The van der Waals surface area contributed by atoms with Crippen molar-refractivity contribution in [1.82, 2.24) is 34.8 Å². The molecule has 2 aromatic heterocycles. The largest absolute Gasteiger partial charge is 0.329 e. The number of benzene rings is 2. The van der Waals surface area contributed by atoms with E-state index in [-0.39, 0.29) is 11.9 Å². The first-order valence-electron chi connectivity index (χ1n) is 9.88. The van der Waals surface area contributed by atoms with Crippen LogP contribution in [-0.2, 0) is 13.0 Å². The molecule has 5 rings (SSSR count). The van der Waals surface area contributed by atoms with Gasteiger partial charge in [0, 0.05) is 17.7 Å². The molecule has 0 unspecified atom stereocenters. The minimum atomic E-state index is -0.0101. The molecule has 1 aliphatic rings. The van der Waals surface area contributed by atoms with Gasteiger partial charge in [-0.2, -0.15) is 5.10 Å². The smallest absolute Gasteiger partial charge is 0.254 e. The van der Waals surface area contributed by atoms with Crippen LogP contribution in [-0.4, -0.2) is 47.3 Å². The summed E-state index contributed by atoms with van der Waals surface area (Å²) in [4.78, 5) is 19.3. The third-order valence-corrected chi connectivity index (χ3v) is 5.49. The fraction of sp³-hybridized carbons (Fsp3) is 0.227. The topological polar surface area (TPSA) is 92.6 Å². The monoisotopic (exact) mass is 399 g/mol. The molecule has 1 amide bonds. The Bertz CT molecular complexity index is 1150. The Hall–Kier alpha value is -3.81. The predicted octanol–water partition coefficient (Wildman–Crippen LogP) is 2.81. The van der Waals surface area contributed by atoms with Crippen molar-refractivity contribution in [3.8, 4) is 11.4 Å². The van der Waals surface area contributed by atoms with Crippen LogP contribution in [0.3, 0.4) is 0 Å². The Balaban J connectivity index is 1.40. The van der Waals surface area contributed by atoms with E-state index < -0.39 is 0 Å². The minimum absolute atomic E-state index is 0.0101. The summed E-state index contributed by atoms with van der Waals surface area (Å²) in [5.74, 6) is 2.38. The fourth-order valence-corrected chi connectivity index (χ4v) is 4.06. The molecule has 0 radical (unpaired) electrons. The van der Waals surface area contributed by atoms with Crippen LogP contribution in [0.4, 0.5) is 0 Å². The quantitative estimate of drug-likeness (QED) is 0.570. The normalized spacial score (nSPS) is 15.8. The number of hydrogen-bond donors (Lipinski definition) is 1. The van der Waals surface area contributed by atoms with Crippen molar-refractivity contribution in [3.63, 3.8) is 0 Å². The predicted molar refractivity (Wildman–Crippen MR) is 111 cm³/mol. The first-order valence-corrected chi connectivity index (χ1v) is 9.88. The number of hydrogen-bond acceptors (Lipinski definition) is 5. The first-order chi connectivity index (χ1) is 14.7. The average Bonchev–Trinajstić information content (AvgIpc) is 3.45. The maximum absolute atomic E-state index is 13.2. The summed E-state index contributed by atoms with van der Waals surface area (Å²) >= 11 is 0. The summed E-state index contributed by atoms with van der Waals surface area (Å²) in [5, 5.41) is 15.3. The molecule has 2 aromatic carbocycles. The summed E-state index contributed by atoms with van der Waals surface area (Å²) in [5.41, 5.74) is 2.76.